The van der Waals surface area contributed by atoms with Crippen molar-refractivity contribution in [3.8, 4) is 0 Å². The molecule has 14 heteroatoms. The lowest BCUT2D eigenvalue weighted by molar-refractivity contribution is -0.222. The first-order valence-corrected chi connectivity index (χ1v) is 14.2. The lowest BCUT2D eigenvalue weighted by Crippen LogP contribution is -2.49. The van der Waals surface area contributed by atoms with Gasteiger partial charge in [-0.2, -0.15) is 18.3 Å². The van der Waals surface area contributed by atoms with E-state index in [0.29, 0.717) is 27.8 Å². The summed E-state index contributed by atoms with van der Waals surface area (Å²) < 4.78 is 57.3. The van der Waals surface area contributed by atoms with Crippen molar-refractivity contribution >= 4 is 45.3 Å². The normalized spacial score (nSPS) is 19.0. The number of amides is 2. The molecule has 44 heavy (non-hydrogen) atoms. The maximum atomic E-state index is 15.1. The van der Waals surface area contributed by atoms with Gasteiger partial charge in [0.25, 0.3) is 0 Å². The fourth-order valence-corrected chi connectivity index (χ4v) is 6.61. The van der Waals surface area contributed by atoms with Crippen LogP contribution in [0.4, 0.5) is 22.4 Å². The third-order valence-corrected chi connectivity index (χ3v) is 8.73. The molecule has 3 aliphatic rings. The summed E-state index contributed by atoms with van der Waals surface area (Å²) in [6, 6.07) is 7.50. The van der Waals surface area contributed by atoms with Gasteiger partial charge in [0.2, 0.25) is 0 Å². The molecule has 7 rings (SSSR count). The number of Topliss-reactive ketones (excluding diaryl/α,β-unsaturated/α-hetero) is 2. The molecule has 228 valence electrons. The van der Waals surface area contributed by atoms with Crippen LogP contribution >= 0.6 is 0 Å². The number of benzene rings is 1. The van der Waals surface area contributed by atoms with Crippen molar-refractivity contribution in [2.45, 2.75) is 44.6 Å². The summed E-state index contributed by atoms with van der Waals surface area (Å²) in [6.45, 7) is 0.482. The van der Waals surface area contributed by atoms with Crippen molar-refractivity contribution in [1.29, 1.82) is 0 Å². The van der Waals surface area contributed by atoms with Gasteiger partial charge in [0.1, 0.15) is 17.2 Å². The van der Waals surface area contributed by atoms with Crippen molar-refractivity contribution in [1.82, 2.24) is 29.0 Å². The van der Waals surface area contributed by atoms with Crippen molar-refractivity contribution in [2.75, 3.05) is 19.6 Å². The number of pyridine rings is 1. The maximum absolute atomic E-state index is 15.1. The second kappa shape index (κ2) is 10.3. The summed E-state index contributed by atoms with van der Waals surface area (Å²) in [5, 5.41) is 14.7. The van der Waals surface area contributed by atoms with Crippen LogP contribution in [0.3, 0.4) is 0 Å². The van der Waals surface area contributed by atoms with Gasteiger partial charge in [0.15, 0.2) is 17.7 Å². The monoisotopic (exact) mass is 610 g/mol. The van der Waals surface area contributed by atoms with Crippen LogP contribution in [-0.2, 0) is 22.7 Å². The zero-order valence-corrected chi connectivity index (χ0v) is 23.2. The Morgan fingerprint density at radius 3 is 2.50 bits per heavy atom. The van der Waals surface area contributed by atoms with Crippen LogP contribution < -0.4 is 0 Å². The van der Waals surface area contributed by atoms with E-state index in [2.05, 4.69) is 4.98 Å². The number of rotatable bonds is 3. The number of halogens is 4. The van der Waals surface area contributed by atoms with Crippen LogP contribution in [-0.4, -0.2) is 83.6 Å². The Kier molecular flexibility index (Phi) is 6.57. The van der Waals surface area contributed by atoms with Crippen LogP contribution in [0.5, 0.6) is 0 Å². The molecule has 1 N–H and O–H groups in total. The number of nitrogens with zero attached hydrogens (tertiary/aromatic N) is 6. The zero-order chi connectivity index (χ0) is 30.9. The summed E-state index contributed by atoms with van der Waals surface area (Å²) in [4.78, 5) is 47.2. The minimum Gasteiger partial charge on any atom is -0.383 e. The Morgan fingerprint density at radius 1 is 1.00 bits per heavy atom. The molecule has 0 radical (unpaired) electrons. The summed E-state index contributed by atoms with van der Waals surface area (Å²) in [5.74, 6) is -2.41. The van der Waals surface area contributed by atoms with E-state index in [1.165, 1.54) is 28.1 Å². The van der Waals surface area contributed by atoms with Gasteiger partial charge >= 0.3 is 12.2 Å². The number of fused-ring (bicyclic) bond motifs is 1. The van der Waals surface area contributed by atoms with Gasteiger partial charge in [-0.15, -0.1) is 0 Å². The van der Waals surface area contributed by atoms with Gasteiger partial charge in [0.05, 0.1) is 41.5 Å². The zero-order valence-electron chi connectivity index (χ0n) is 23.2. The molecular formula is C30H26F4N6O4. The number of carbonyl (C=O) groups excluding carboxylic acids is 3. The van der Waals surface area contributed by atoms with E-state index in [1.54, 1.807) is 33.5 Å². The van der Waals surface area contributed by atoms with Crippen molar-refractivity contribution in [3.05, 3.63) is 65.5 Å². The number of imidazole rings is 1. The van der Waals surface area contributed by atoms with E-state index in [-0.39, 0.29) is 74.6 Å². The number of likely N-dealkylation sites (tertiary alicyclic amines) is 1. The standard InChI is InChI=1S/C30H26F4N6O4/c31-18-11-17-15-38(29(44)37-7-4-16(5-8-37)28(43)30(32,33)34)9-10-40-27(17)19(12-18)26(36-40)25-22(42)13-21(41)24(25)20-14-35-23-3-1-2-6-39(20)23/h1-3,6,11-12,14,16,28,43H,4-5,7-10,13,15H2. The molecule has 1 unspecified atom stereocenters. The van der Waals surface area contributed by atoms with Gasteiger partial charge in [0, 0.05) is 43.3 Å². The van der Waals surface area contributed by atoms with Gasteiger partial charge in [-0.3, -0.25) is 18.7 Å². The van der Waals surface area contributed by atoms with Crippen LogP contribution in [0.15, 0.2) is 42.7 Å². The van der Waals surface area contributed by atoms with E-state index in [0.717, 1.165) is 0 Å². The molecule has 0 bridgehead atoms. The van der Waals surface area contributed by atoms with Crippen molar-refractivity contribution < 1.29 is 37.1 Å². The number of aliphatic hydroxyl groups excluding tert-OH is 1. The first-order chi connectivity index (χ1) is 21.0. The van der Waals surface area contributed by atoms with E-state index in [1.807, 2.05) is 0 Å². The summed E-state index contributed by atoms with van der Waals surface area (Å²) in [6.07, 6.45) is -4.24. The van der Waals surface area contributed by atoms with E-state index < -0.39 is 35.8 Å². The molecule has 1 aliphatic carbocycles. The highest BCUT2D eigenvalue weighted by molar-refractivity contribution is 6.51. The molecule has 0 spiro atoms. The van der Waals surface area contributed by atoms with Gasteiger partial charge in [-0.05, 0) is 43.0 Å². The highest BCUT2D eigenvalue weighted by Gasteiger charge is 2.45. The van der Waals surface area contributed by atoms with Crippen molar-refractivity contribution in [2.24, 2.45) is 5.92 Å². The molecule has 5 heterocycles. The number of carbonyl (C=O) groups is 3. The molecule has 1 fully saturated rings. The average Bonchev–Trinajstić information content (AvgIpc) is 3.61. The SMILES string of the molecule is O=C1CC(=O)C(c2cnc3ccccn23)=C1c1nn2c3c(cc(F)cc13)CN(C(=O)N1CCC(C(O)C(F)(F)F)CC1)CC2. The Hall–Kier alpha value is -4.59. The predicted octanol–water partition coefficient (Wildman–Crippen LogP) is 3.85. The highest BCUT2D eigenvalue weighted by Crippen LogP contribution is 2.40. The van der Waals surface area contributed by atoms with E-state index >= 15 is 4.39 Å². The van der Waals surface area contributed by atoms with Crippen LogP contribution in [0.1, 0.15) is 36.2 Å². The van der Waals surface area contributed by atoms with Crippen LogP contribution in [0.2, 0.25) is 0 Å². The van der Waals surface area contributed by atoms with Gasteiger partial charge in [-0.1, -0.05) is 6.07 Å². The Bertz CT molecular complexity index is 1890. The van der Waals surface area contributed by atoms with Crippen molar-refractivity contribution in [3.63, 3.8) is 0 Å². The largest absolute Gasteiger partial charge is 0.414 e. The number of aromatic nitrogens is 4. The molecule has 2 aliphatic heterocycles. The molecule has 4 aromatic rings. The van der Waals surface area contributed by atoms with Gasteiger partial charge in [-0.25, -0.2) is 14.2 Å². The van der Waals surface area contributed by atoms with Gasteiger partial charge < -0.3 is 14.9 Å². The Morgan fingerprint density at radius 2 is 1.75 bits per heavy atom. The molecular weight excluding hydrogens is 584 g/mol. The second-order valence-corrected chi connectivity index (χ2v) is 11.4. The van der Waals surface area contributed by atoms with E-state index in [9.17, 15) is 32.7 Å². The predicted molar refractivity (Wildman–Crippen MR) is 148 cm³/mol. The molecule has 2 amide bonds. The average molecular weight is 611 g/mol. The molecule has 0 saturated carbocycles. The number of urea groups is 1. The molecule has 1 saturated heterocycles. The number of alkyl halides is 3. The molecule has 10 nitrogen and oxygen atoms in total. The van der Waals surface area contributed by atoms with Crippen LogP contribution in [0, 0.1) is 11.7 Å². The minimum atomic E-state index is -4.72. The number of hydrogen-bond acceptors (Lipinski definition) is 6. The van der Waals surface area contributed by atoms with E-state index in [4.69, 9.17) is 5.10 Å². The fraction of sp³-hybridized carbons (Fsp3) is 0.367. The topological polar surface area (TPSA) is 113 Å². The maximum Gasteiger partial charge on any atom is 0.414 e. The molecule has 3 aromatic heterocycles. The summed E-state index contributed by atoms with van der Waals surface area (Å²) >= 11 is 0. The fourth-order valence-electron chi connectivity index (χ4n) is 6.61. The number of ketones is 2. The smallest absolute Gasteiger partial charge is 0.383 e. The Labute approximate surface area is 247 Å². The quantitative estimate of drug-likeness (QED) is 0.279. The number of hydrogen-bond donors (Lipinski definition) is 1. The first kappa shape index (κ1) is 28.2. The lowest BCUT2D eigenvalue weighted by Gasteiger charge is -2.37. The number of aliphatic hydroxyl groups is 1. The third-order valence-electron chi connectivity index (χ3n) is 8.73. The first-order valence-electron chi connectivity index (χ1n) is 14.2. The minimum absolute atomic E-state index is 0.00602. The number of piperidine rings is 1. The lowest BCUT2D eigenvalue weighted by atomic mass is 9.91. The third kappa shape index (κ3) is 4.55. The Balaban J connectivity index is 1.22. The molecule has 1 aromatic carbocycles. The summed E-state index contributed by atoms with van der Waals surface area (Å²) in [5.41, 5.74) is 2.44. The number of allylic oxidation sites excluding steroid dienone is 2. The summed E-state index contributed by atoms with van der Waals surface area (Å²) in [7, 11) is 0. The van der Waals surface area contributed by atoms with Crippen LogP contribution in [0.25, 0.3) is 27.7 Å². The molecule has 1 atom stereocenters. The highest BCUT2D eigenvalue weighted by atomic mass is 19.4. The second-order valence-electron chi connectivity index (χ2n) is 11.4.